The van der Waals surface area contributed by atoms with Gasteiger partial charge in [0.05, 0.1) is 5.69 Å². The zero-order valence-corrected chi connectivity index (χ0v) is 14.6. The first kappa shape index (κ1) is 17.7. The van der Waals surface area contributed by atoms with Crippen LogP contribution in [0.4, 0.5) is 4.79 Å². The lowest BCUT2D eigenvalue weighted by Gasteiger charge is -2.26. The van der Waals surface area contributed by atoms with Crippen LogP contribution >= 0.6 is 0 Å². The first-order valence-electron chi connectivity index (χ1n) is 8.49. The highest BCUT2D eigenvalue weighted by atomic mass is 16.6. The molecule has 0 saturated heterocycles. The average Bonchev–Trinajstić information content (AvgIpc) is 2.91. The number of amides is 1. The van der Waals surface area contributed by atoms with Gasteiger partial charge in [0.1, 0.15) is 5.60 Å². The maximum Gasteiger partial charge on any atom is 0.407 e. The van der Waals surface area contributed by atoms with Crippen LogP contribution in [-0.4, -0.2) is 29.3 Å². The van der Waals surface area contributed by atoms with Crippen molar-refractivity contribution in [3.05, 3.63) is 30.1 Å². The third-order valence-corrected chi connectivity index (χ3v) is 4.16. The van der Waals surface area contributed by atoms with Gasteiger partial charge < -0.3 is 15.4 Å². The van der Waals surface area contributed by atoms with Crippen LogP contribution in [0.15, 0.2) is 24.4 Å². The molecule has 1 amide bonds. The molecule has 3 atom stereocenters. The molecule has 0 aliphatic heterocycles. The Morgan fingerprint density at radius 2 is 2.17 bits per heavy atom. The molecule has 0 aromatic carbocycles. The van der Waals surface area contributed by atoms with Crippen LogP contribution in [0, 0.1) is 5.92 Å². The van der Waals surface area contributed by atoms with Gasteiger partial charge in [0.15, 0.2) is 0 Å². The predicted molar refractivity (Wildman–Crippen MR) is 91.2 cm³/mol. The predicted octanol–water partition coefficient (Wildman–Crippen LogP) is 3.43. The number of carbonyl (C=O) groups is 1. The Morgan fingerprint density at radius 3 is 2.83 bits per heavy atom. The fraction of sp³-hybridized carbons (Fsp3) is 0.667. The van der Waals surface area contributed by atoms with Crippen molar-refractivity contribution in [1.82, 2.24) is 15.6 Å². The lowest BCUT2D eigenvalue weighted by atomic mass is 10.0. The molecule has 1 saturated carbocycles. The van der Waals surface area contributed by atoms with Gasteiger partial charge in [-0.15, -0.1) is 0 Å². The molecule has 0 radical (unpaired) electrons. The van der Waals surface area contributed by atoms with E-state index in [1.165, 1.54) is 6.42 Å². The normalized spacial score (nSPS) is 22.6. The molecule has 2 rings (SSSR count). The van der Waals surface area contributed by atoms with Crippen molar-refractivity contribution in [3.8, 4) is 0 Å². The van der Waals surface area contributed by atoms with Crippen molar-refractivity contribution in [1.29, 1.82) is 0 Å². The molecule has 5 nitrogen and oxygen atoms in total. The Kier molecular flexibility index (Phi) is 5.99. The third kappa shape index (κ3) is 5.82. The summed E-state index contributed by atoms with van der Waals surface area (Å²) < 4.78 is 5.30. The number of carbonyl (C=O) groups excluding carboxylic acids is 1. The Labute approximate surface area is 139 Å². The topological polar surface area (TPSA) is 63.2 Å². The highest BCUT2D eigenvalue weighted by Crippen LogP contribution is 2.27. The summed E-state index contributed by atoms with van der Waals surface area (Å²) in [6.07, 6.45) is 4.94. The number of rotatable bonds is 5. The van der Waals surface area contributed by atoms with Gasteiger partial charge in [0.2, 0.25) is 0 Å². The second-order valence-corrected chi connectivity index (χ2v) is 7.32. The minimum Gasteiger partial charge on any atom is -0.444 e. The Bertz CT molecular complexity index is 499. The molecule has 2 N–H and O–H groups in total. The van der Waals surface area contributed by atoms with Crippen LogP contribution in [0.2, 0.25) is 0 Å². The molecule has 1 heterocycles. The van der Waals surface area contributed by atoms with E-state index in [9.17, 15) is 4.79 Å². The van der Waals surface area contributed by atoms with Crippen LogP contribution < -0.4 is 10.6 Å². The van der Waals surface area contributed by atoms with Crippen LogP contribution in [0.1, 0.15) is 58.7 Å². The number of nitrogens with one attached hydrogen (secondary N) is 2. The van der Waals surface area contributed by atoms with E-state index in [-0.39, 0.29) is 12.1 Å². The summed E-state index contributed by atoms with van der Waals surface area (Å²) in [4.78, 5) is 16.2. The van der Waals surface area contributed by atoms with Crippen LogP contribution in [0.3, 0.4) is 0 Å². The van der Waals surface area contributed by atoms with Gasteiger partial charge in [-0.3, -0.25) is 4.98 Å². The molecule has 5 heteroatoms. The number of alkyl carbamates (subject to hydrolysis) is 1. The van der Waals surface area contributed by atoms with Crippen molar-refractivity contribution >= 4 is 6.09 Å². The van der Waals surface area contributed by atoms with E-state index in [0.29, 0.717) is 18.5 Å². The van der Waals surface area contributed by atoms with Crippen LogP contribution in [0.25, 0.3) is 0 Å². The van der Waals surface area contributed by atoms with Gasteiger partial charge in [0.25, 0.3) is 0 Å². The van der Waals surface area contributed by atoms with Crippen molar-refractivity contribution in [2.75, 3.05) is 6.54 Å². The molecule has 1 aromatic rings. The molecule has 1 aliphatic rings. The molecule has 0 spiro atoms. The van der Waals surface area contributed by atoms with Crippen LogP contribution in [-0.2, 0) is 4.74 Å². The van der Waals surface area contributed by atoms with Crippen molar-refractivity contribution in [3.63, 3.8) is 0 Å². The summed E-state index contributed by atoms with van der Waals surface area (Å²) in [7, 11) is 0. The highest BCUT2D eigenvalue weighted by molar-refractivity contribution is 5.67. The second kappa shape index (κ2) is 7.77. The zero-order valence-electron chi connectivity index (χ0n) is 14.6. The third-order valence-electron chi connectivity index (χ3n) is 4.16. The second-order valence-electron chi connectivity index (χ2n) is 7.32. The van der Waals surface area contributed by atoms with Gasteiger partial charge in [0, 0.05) is 24.8 Å². The summed E-state index contributed by atoms with van der Waals surface area (Å²) in [6.45, 7) is 8.42. The number of hydrogen-bond donors (Lipinski definition) is 2. The average molecular weight is 319 g/mol. The van der Waals surface area contributed by atoms with Gasteiger partial charge in [-0.2, -0.15) is 0 Å². The van der Waals surface area contributed by atoms with E-state index >= 15 is 0 Å². The van der Waals surface area contributed by atoms with E-state index in [4.69, 9.17) is 4.74 Å². The first-order valence-corrected chi connectivity index (χ1v) is 8.49. The Balaban J connectivity index is 1.82. The van der Waals surface area contributed by atoms with Crippen molar-refractivity contribution in [2.24, 2.45) is 5.92 Å². The Hall–Kier alpha value is -1.62. The largest absolute Gasteiger partial charge is 0.444 e. The smallest absolute Gasteiger partial charge is 0.407 e. The quantitative estimate of drug-likeness (QED) is 0.873. The fourth-order valence-electron chi connectivity index (χ4n) is 3.07. The number of aromatic nitrogens is 1. The minimum absolute atomic E-state index is 0.211. The van der Waals surface area contributed by atoms with E-state index in [1.54, 1.807) is 0 Å². The molecule has 23 heavy (non-hydrogen) atoms. The summed E-state index contributed by atoms with van der Waals surface area (Å²) in [5.41, 5.74) is 0.600. The lowest BCUT2D eigenvalue weighted by Crippen LogP contribution is -2.41. The molecular formula is C18H29N3O2. The molecule has 128 valence electrons. The number of ether oxygens (including phenoxy) is 1. The SMILES string of the molecule is CC(NC1CCCC1CNC(=O)OC(C)(C)C)c1ccccn1. The molecular weight excluding hydrogens is 290 g/mol. The maximum absolute atomic E-state index is 11.8. The fourth-order valence-corrected chi connectivity index (χ4v) is 3.07. The summed E-state index contributed by atoms with van der Waals surface area (Å²) in [5, 5.41) is 6.57. The summed E-state index contributed by atoms with van der Waals surface area (Å²) in [5.74, 6) is 0.439. The van der Waals surface area contributed by atoms with Crippen LogP contribution in [0.5, 0.6) is 0 Å². The van der Waals surface area contributed by atoms with Gasteiger partial charge in [-0.05, 0) is 58.6 Å². The number of nitrogens with zero attached hydrogens (tertiary/aromatic N) is 1. The minimum atomic E-state index is -0.453. The maximum atomic E-state index is 11.8. The van der Waals surface area contributed by atoms with E-state index in [0.717, 1.165) is 18.5 Å². The number of pyridine rings is 1. The first-order chi connectivity index (χ1) is 10.8. The van der Waals surface area contributed by atoms with Gasteiger partial charge in [-0.1, -0.05) is 12.5 Å². The summed E-state index contributed by atoms with van der Waals surface area (Å²) >= 11 is 0. The lowest BCUT2D eigenvalue weighted by molar-refractivity contribution is 0.0517. The zero-order chi connectivity index (χ0) is 16.9. The van der Waals surface area contributed by atoms with Gasteiger partial charge >= 0.3 is 6.09 Å². The van der Waals surface area contributed by atoms with Crippen molar-refractivity contribution < 1.29 is 9.53 Å². The summed E-state index contributed by atoms with van der Waals surface area (Å²) in [6, 6.07) is 6.60. The van der Waals surface area contributed by atoms with E-state index in [2.05, 4.69) is 22.5 Å². The monoisotopic (exact) mass is 319 g/mol. The molecule has 1 fully saturated rings. The van der Waals surface area contributed by atoms with E-state index in [1.807, 2.05) is 45.2 Å². The number of hydrogen-bond acceptors (Lipinski definition) is 4. The molecule has 0 bridgehead atoms. The highest BCUT2D eigenvalue weighted by Gasteiger charge is 2.29. The molecule has 1 aliphatic carbocycles. The Morgan fingerprint density at radius 1 is 1.39 bits per heavy atom. The van der Waals surface area contributed by atoms with E-state index < -0.39 is 5.60 Å². The van der Waals surface area contributed by atoms with Crippen molar-refractivity contribution in [2.45, 2.75) is 64.6 Å². The molecule has 3 unspecified atom stereocenters. The standard InChI is InChI=1S/C18H29N3O2/c1-13(15-9-5-6-11-19-15)21-16-10-7-8-14(16)12-20-17(22)23-18(2,3)4/h5-6,9,11,13-14,16,21H,7-8,10,12H2,1-4H3,(H,20,22). The molecule has 1 aromatic heterocycles. The van der Waals surface area contributed by atoms with Gasteiger partial charge in [-0.25, -0.2) is 4.79 Å².